The fourth-order valence-electron chi connectivity index (χ4n) is 1.87. The summed E-state index contributed by atoms with van der Waals surface area (Å²) in [5.41, 5.74) is 5.54. The first-order chi connectivity index (χ1) is 7.12. The van der Waals surface area contributed by atoms with Crippen molar-refractivity contribution in [3.63, 3.8) is 0 Å². The van der Waals surface area contributed by atoms with Gasteiger partial charge in [0.25, 0.3) is 0 Å². The Bertz CT molecular complexity index is 223. The van der Waals surface area contributed by atoms with Gasteiger partial charge in [0.1, 0.15) is 5.84 Å². The van der Waals surface area contributed by atoms with Crippen LogP contribution in [0.1, 0.15) is 19.8 Å². The third-order valence-corrected chi connectivity index (χ3v) is 3.30. The van der Waals surface area contributed by atoms with Crippen LogP contribution in [-0.2, 0) is 4.74 Å². The number of rotatable bonds is 4. The maximum absolute atomic E-state index is 8.69. The van der Waals surface area contributed by atoms with Crippen LogP contribution in [0.4, 0.5) is 0 Å². The molecule has 5 heteroatoms. The van der Waals surface area contributed by atoms with Crippen molar-refractivity contribution in [2.75, 3.05) is 33.4 Å². The average molecular weight is 215 g/mol. The van der Waals surface area contributed by atoms with E-state index in [0.717, 1.165) is 39.1 Å². The normalized spacial score (nSPS) is 22.9. The molecule has 0 atom stereocenters. The molecule has 1 saturated heterocycles. The van der Waals surface area contributed by atoms with Crippen LogP contribution < -0.4 is 5.73 Å². The van der Waals surface area contributed by atoms with Gasteiger partial charge < -0.3 is 20.6 Å². The topological polar surface area (TPSA) is 71.1 Å². The second kappa shape index (κ2) is 5.32. The molecule has 0 saturated carbocycles. The fraction of sp³-hybridized carbons (Fsp3) is 0.900. The number of hydrogen-bond acceptors (Lipinski definition) is 4. The summed E-state index contributed by atoms with van der Waals surface area (Å²) in [6, 6.07) is 0. The van der Waals surface area contributed by atoms with E-state index in [1.54, 1.807) is 7.11 Å². The standard InChI is InChI=1S/C10H21N3O2/c1-10(9(11)12-14)3-5-13(6-4-10)7-8-15-2/h14H,3-8H2,1-2H3,(H2,11,12). The molecule has 1 fully saturated rings. The molecule has 0 aromatic rings. The highest BCUT2D eigenvalue weighted by atomic mass is 16.5. The molecule has 1 rings (SSSR count). The number of amidine groups is 1. The van der Waals surface area contributed by atoms with Gasteiger partial charge in [-0.25, -0.2) is 0 Å². The fourth-order valence-corrected chi connectivity index (χ4v) is 1.87. The van der Waals surface area contributed by atoms with Crippen LogP contribution in [0.3, 0.4) is 0 Å². The summed E-state index contributed by atoms with van der Waals surface area (Å²) in [7, 11) is 1.71. The monoisotopic (exact) mass is 215 g/mol. The third kappa shape index (κ3) is 3.07. The summed E-state index contributed by atoms with van der Waals surface area (Å²) < 4.78 is 5.04. The van der Waals surface area contributed by atoms with Crippen molar-refractivity contribution >= 4 is 5.84 Å². The van der Waals surface area contributed by atoms with Crippen molar-refractivity contribution in [3.05, 3.63) is 0 Å². The first-order valence-corrected chi connectivity index (χ1v) is 5.31. The highest BCUT2D eigenvalue weighted by molar-refractivity contribution is 5.85. The SMILES string of the molecule is COCCN1CCC(C)(C(N)=NO)CC1. The van der Waals surface area contributed by atoms with Crippen molar-refractivity contribution in [2.45, 2.75) is 19.8 Å². The first kappa shape index (κ1) is 12.3. The van der Waals surface area contributed by atoms with Crippen molar-refractivity contribution in [3.8, 4) is 0 Å². The Morgan fingerprint density at radius 2 is 2.13 bits per heavy atom. The van der Waals surface area contributed by atoms with E-state index in [2.05, 4.69) is 17.0 Å². The van der Waals surface area contributed by atoms with Crippen molar-refractivity contribution in [2.24, 2.45) is 16.3 Å². The molecule has 5 nitrogen and oxygen atoms in total. The number of ether oxygens (including phenoxy) is 1. The van der Waals surface area contributed by atoms with Gasteiger partial charge in [0.15, 0.2) is 0 Å². The summed E-state index contributed by atoms with van der Waals surface area (Å²) >= 11 is 0. The number of piperidine rings is 1. The lowest BCUT2D eigenvalue weighted by molar-refractivity contribution is 0.110. The molecule has 0 bridgehead atoms. The molecular weight excluding hydrogens is 194 g/mol. The molecule has 3 N–H and O–H groups in total. The van der Waals surface area contributed by atoms with E-state index in [4.69, 9.17) is 15.7 Å². The van der Waals surface area contributed by atoms with Gasteiger partial charge in [0.05, 0.1) is 6.61 Å². The van der Waals surface area contributed by atoms with Gasteiger partial charge >= 0.3 is 0 Å². The van der Waals surface area contributed by atoms with Gasteiger partial charge in [-0.05, 0) is 25.9 Å². The van der Waals surface area contributed by atoms with Gasteiger partial charge in [0, 0.05) is 19.1 Å². The molecule has 0 spiro atoms. The van der Waals surface area contributed by atoms with E-state index in [-0.39, 0.29) is 5.41 Å². The zero-order valence-corrected chi connectivity index (χ0v) is 9.57. The highest BCUT2D eigenvalue weighted by Crippen LogP contribution is 2.30. The molecule has 0 aromatic carbocycles. The van der Waals surface area contributed by atoms with E-state index in [1.807, 2.05) is 0 Å². The summed E-state index contributed by atoms with van der Waals surface area (Å²) in [4.78, 5) is 2.34. The summed E-state index contributed by atoms with van der Waals surface area (Å²) in [5.74, 6) is 0.355. The van der Waals surface area contributed by atoms with Gasteiger partial charge in [-0.15, -0.1) is 0 Å². The van der Waals surface area contributed by atoms with Crippen LogP contribution in [0.25, 0.3) is 0 Å². The zero-order valence-electron chi connectivity index (χ0n) is 9.57. The van der Waals surface area contributed by atoms with Crippen LogP contribution in [-0.4, -0.2) is 49.3 Å². The predicted octanol–water partition coefficient (Wildman–Crippen LogP) is 0.481. The van der Waals surface area contributed by atoms with E-state index in [0.29, 0.717) is 5.84 Å². The van der Waals surface area contributed by atoms with E-state index >= 15 is 0 Å². The molecule has 15 heavy (non-hydrogen) atoms. The molecule has 0 aromatic heterocycles. The van der Waals surface area contributed by atoms with E-state index < -0.39 is 0 Å². The first-order valence-electron chi connectivity index (χ1n) is 5.31. The van der Waals surface area contributed by atoms with Gasteiger partial charge in [0.2, 0.25) is 0 Å². The number of likely N-dealkylation sites (tertiary alicyclic amines) is 1. The maximum atomic E-state index is 8.69. The largest absolute Gasteiger partial charge is 0.409 e. The number of hydrogen-bond donors (Lipinski definition) is 2. The zero-order chi connectivity index (χ0) is 11.3. The molecule has 1 aliphatic heterocycles. The lowest BCUT2D eigenvalue weighted by Crippen LogP contribution is -2.46. The molecule has 0 amide bonds. The van der Waals surface area contributed by atoms with E-state index in [1.165, 1.54) is 0 Å². The Morgan fingerprint density at radius 3 is 2.60 bits per heavy atom. The van der Waals surface area contributed by atoms with Crippen molar-refractivity contribution < 1.29 is 9.94 Å². The average Bonchev–Trinajstić information content (AvgIpc) is 2.27. The Hall–Kier alpha value is -0.810. The summed E-state index contributed by atoms with van der Waals surface area (Å²) in [5, 5.41) is 11.8. The van der Waals surface area contributed by atoms with Crippen LogP contribution in [0.2, 0.25) is 0 Å². The Kier molecular flexibility index (Phi) is 4.35. The van der Waals surface area contributed by atoms with Gasteiger partial charge in [-0.3, -0.25) is 0 Å². The molecule has 0 unspecified atom stereocenters. The molecule has 88 valence electrons. The Labute approximate surface area is 90.9 Å². The molecule has 0 aliphatic carbocycles. The molecule has 0 radical (unpaired) electrons. The summed E-state index contributed by atoms with van der Waals surface area (Å²) in [6.45, 7) is 5.74. The lowest BCUT2D eigenvalue weighted by atomic mass is 9.79. The van der Waals surface area contributed by atoms with Crippen LogP contribution in [0.15, 0.2) is 5.16 Å². The minimum absolute atomic E-state index is 0.141. The van der Waals surface area contributed by atoms with Crippen LogP contribution >= 0.6 is 0 Å². The number of nitrogens with zero attached hydrogens (tertiary/aromatic N) is 2. The highest BCUT2D eigenvalue weighted by Gasteiger charge is 2.33. The second-order valence-corrected chi connectivity index (χ2v) is 4.38. The van der Waals surface area contributed by atoms with Gasteiger partial charge in [-0.2, -0.15) is 0 Å². The van der Waals surface area contributed by atoms with Crippen molar-refractivity contribution in [1.29, 1.82) is 0 Å². The second-order valence-electron chi connectivity index (χ2n) is 4.38. The Balaban J connectivity index is 2.41. The quantitative estimate of drug-likeness (QED) is 0.310. The van der Waals surface area contributed by atoms with Crippen LogP contribution in [0, 0.1) is 5.41 Å². The third-order valence-electron chi connectivity index (χ3n) is 3.30. The van der Waals surface area contributed by atoms with E-state index in [9.17, 15) is 0 Å². The predicted molar refractivity (Wildman–Crippen MR) is 59.1 cm³/mol. The Morgan fingerprint density at radius 1 is 1.53 bits per heavy atom. The minimum atomic E-state index is -0.141. The minimum Gasteiger partial charge on any atom is -0.409 e. The number of oxime groups is 1. The molecule has 1 heterocycles. The van der Waals surface area contributed by atoms with Gasteiger partial charge in [-0.1, -0.05) is 12.1 Å². The van der Waals surface area contributed by atoms with Crippen molar-refractivity contribution in [1.82, 2.24) is 4.90 Å². The lowest BCUT2D eigenvalue weighted by Gasteiger charge is -2.38. The van der Waals surface area contributed by atoms with Crippen LogP contribution in [0.5, 0.6) is 0 Å². The number of methoxy groups -OCH3 is 1. The molecule has 1 aliphatic rings. The smallest absolute Gasteiger partial charge is 0.145 e. The summed E-state index contributed by atoms with van der Waals surface area (Å²) in [6.07, 6.45) is 1.87. The molecular formula is C10H21N3O2. The maximum Gasteiger partial charge on any atom is 0.145 e. The number of nitrogens with two attached hydrogens (primary N) is 1.